The van der Waals surface area contributed by atoms with Crippen molar-refractivity contribution in [2.75, 3.05) is 13.3 Å². The van der Waals surface area contributed by atoms with Gasteiger partial charge >= 0.3 is 11.9 Å². The van der Waals surface area contributed by atoms with E-state index in [1.165, 1.54) is 31.2 Å². The fourth-order valence-electron chi connectivity index (χ4n) is 2.94. The highest BCUT2D eigenvalue weighted by molar-refractivity contribution is 5.99. The Morgan fingerprint density at radius 1 is 1.35 bits per heavy atom. The third-order valence-corrected chi connectivity index (χ3v) is 3.95. The van der Waals surface area contributed by atoms with Gasteiger partial charge in [0.05, 0.1) is 34.3 Å². The molecule has 2 N–H and O–H groups in total. The highest BCUT2D eigenvalue weighted by Crippen LogP contribution is 2.42. The minimum atomic E-state index is -1.48. The number of nitro groups is 1. The van der Waals surface area contributed by atoms with E-state index in [2.05, 4.69) is 5.32 Å². The van der Waals surface area contributed by atoms with Crippen molar-refractivity contribution >= 4 is 17.6 Å². The Balaban J connectivity index is 2.80. The largest absolute Gasteiger partial charge is 0.478 e. The maximum absolute atomic E-state index is 13.4. The maximum atomic E-state index is 13.4. The number of ether oxygens (including phenoxy) is 1. The molecule has 1 aliphatic rings. The van der Waals surface area contributed by atoms with Crippen molar-refractivity contribution < 1.29 is 28.7 Å². The number of nitrogens with zero attached hydrogens (tertiary/aromatic N) is 1. The molecule has 26 heavy (non-hydrogen) atoms. The quantitative estimate of drug-likeness (QED) is 0.452. The second-order valence-corrected chi connectivity index (χ2v) is 5.46. The van der Waals surface area contributed by atoms with Crippen molar-refractivity contribution in [2.45, 2.75) is 19.8 Å². The Hall–Kier alpha value is -3.23. The molecule has 1 atom stereocenters. The molecule has 2 rings (SSSR count). The Labute approximate surface area is 148 Å². The van der Waals surface area contributed by atoms with Crippen molar-refractivity contribution in [3.8, 4) is 0 Å². The number of rotatable bonds is 6. The van der Waals surface area contributed by atoms with Gasteiger partial charge in [0, 0.05) is 17.3 Å². The Bertz CT molecular complexity index is 830. The summed E-state index contributed by atoms with van der Waals surface area (Å²) in [5, 5.41) is 23.6. The van der Waals surface area contributed by atoms with Gasteiger partial charge in [-0.15, -0.1) is 0 Å². The van der Waals surface area contributed by atoms with Gasteiger partial charge in [-0.1, -0.05) is 18.2 Å². The number of allylic oxidation sites excluding steroid dienone is 2. The van der Waals surface area contributed by atoms with Crippen LogP contribution in [0.5, 0.6) is 0 Å². The molecular formula is C17H17FN2O6. The standard InChI is InChI=1S/C17H17FN2O6/c1-3-26-17(23)13-9(2)19-11(8-18)15(16(21)22)14(13)10-6-4-5-7-12(10)20(24)25/h4-7,14,19H,3,8H2,1-2H3,(H,21,22). The van der Waals surface area contributed by atoms with Gasteiger partial charge in [-0.05, 0) is 13.8 Å². The third kappa shape index (κ3) is 3.41. The van der Waals surface area contributed by atoms with Gasteiger partial charge in [0.25, 0.3) is 5.69 Å². The highest BCUT2D eigenvalue weighted by atomic mass is 19.1. The lowest BCUT2D eigenvalue weighted by Crippen LogP contribution is -2.33. The number of hydrogen-bond acceptors (Lipinski definition) is 6. The number of hydrogen-bond donors (Lipinski definition) is 2. The number of aliphatic carboxylic acids is 1. The van der Waals surface area contributed by atoms with Crippen molar-refractivity contribution in [1.82, 2.24) is 5.32 Å². The zero-order chi connectivity index (χ0) is 19.4. The van der Waals surface area contributed by atoms with Gasteiger partial charge in [-0.25, -0.2) is 14.0 Å². The first-order valence-electron chi connectivity index (χ1n) is 7.73. The number of carboxylic acids is 1. The number of esters is 1. The lowest BCUT2D eigenvalue weighted by Gasteiger charge is -2.29. The Kier molecular flexibility index (Phi) is 5.71. The summed E-state index contributed by atoms with van der Waals surface area (Å²) >= 11 is 0. The Morgan fingerprint density at radius 3 is 2.54 bits per heavy atom. The molecule has 1 unspecified atom stereocenters. The van der Waals surface area contributed by atoms with Crippen LogP contribution in [0.3, 0.4) is 0 Å². The van der Waals surface area contributed by atoms with Gasteiger partial charge in [0.2, 0.25) is 0 Å². The first kappa shape index (κ1) is 19.1. The maximum Gasteiger partial charge on any atom is 0.336 e. The summed E-state index contributed by atoms with van der Waals surface area (Å²) in [4.78, 5) is 35.0. The van der Waals surface area contributed by atoms with Crippen LogP contribution in [-0.2, 0) is 14.3 Å². The average molecular weight is 364 g/mol. The van der Waals surface area contributed by atoms with Gasteiger partial charge in [-0.3, -0.25) is 10.1 Å². The van der Waals surface area contributed by atoms with Gasteiger partial charge in [0.1, 0.15) is 6.67 Å². The van der Waals surface area contributed by atoms with Crippen LogP contribution in [0.4, 0.5) is 10.1 Å². The summed E-state index contributed by atoms with van der Waals surface area (Å²) < 4.78 is 18.4. The zero-order valence-electron chi connectivity index (χ0n) is 14.1. The summed E-state index contributed by atoms with van der Waals surface area (Å²) in [7, 11) is 0. The fraction of sp³-hybridized carbons (Fsp3) is 0.294. The highest BCUT2D eigenvalue weighted by Gasteiger charge is 2.40. The van der Waals surface area contributed by atoms with Crippen LogP contribution in [0.15, 0.2) is 46.8 Å². The average Bonchev–Trinajstić information content (AvgIpc) is 2.60. The van der Waals surface area contributed by atoms with Crippen LogP contribution in [-0.4, -0.2) is 35.2 Å². The van der Waals surface area contributed by atoms with Crippen LogP contribution >= 0.6 is 0 Å². The molecule has 138 valence electrons. The van der Waals surface area contributed by atoms with Gasteiger partial charge in [-0.2, -0.15) is 0 Å². The van der Waals surface area contributed by atoms with E-state index in [9.17, 15) is 29.2 Å². The lowest BCUT2D eigenvalue weighted by molar-refractivity contribution is -0.385. The molecule has 8 nitrogen and oxygen atoms in total. The van der Waals surface area contributed by atoms with Crippen LogP contribution < -0.4 is 5.32 Å². The van der Waals surface area contributed by atoms with Crippen LogP contribution in [0.25, 0.3) is 0 Å². The summed E-state index contributed by atoms with van der Waals surface area (Å²) in [5.74, 6) is -3.64. The predicted molar refractivity (Wildman–Crippen MR) is 88.9 cm³/mol. The van der Waals surface area contributed by atoms with Crippen molar-refractivity contribution in [3.05, 3.63) is 62.5 Å². The first-order chi connectivity index (χ1) is 12.3. The van der Waals surface area contributed by atoms with Crippen molar-refractivity contribution in [3.63, 3.8) is 0 Å². The normalized spacial score (nSPS) is 17.0. The van der Waals surface area contributed by atoms with Crippen molar-refractivity contribution in [2.24, 2.45) is 0 Å². The second-order valence-electron chi connectivity index (χ2n) is 5.46. The van der Waals surface area contributed by atoms with E-state index in [1.54, 1.807) is 6.92 Å². The minimum Gasteiger partial charge on any atom is -0.478 e. The van der Waals surface area contributed by atoms with Gasteiger partial charge in [0.15, 0.2) is 0 Å². The number of dihydropyridines is 1. The first-order valence-corrected chi connectivity index (χ1v) is 7.73. The summed E-state index contributed by atoms with van der Waals surface area (Å²) in [5.41, 5.74) is -1.03. The van der Waals surface area contributed by atoms with E-state index in [-0.39, 0.29) is 34.8 Å². The molecule has 0 aromatic heterocycles. The zero-order valence-corrected chi connectivity index (χ0v) is 14.1. The smallest absolute Gasteiger partial charge is 0.336 e. The van der Waals surface area contributed by atoms with Crippen LogP contribution in [0.1, 0.15) is 25.3 Å². The van der Waals surface area contributed by atoms with E-state index in [4.69, 9.17) is 4.74 Å². The van der Waals surface area contributed by atoms with E-state index < -0.39 is 35.0 Å². The molecule has 9 heteroatoms. The number of carbonyl (C=O) groups excluding carboxylic acids is 1. The molecule has 1 aromatic carbocycles. The van der Waals surface area contributed by atoms with E-state index in [0.29, 0.717) is 0 Å². The SMILES string of the molecule is CCOC(=O)C1=C(C)NC(CF)=C(C(=O)O)C1c1ccccc1[N+](=O)[O-]. The van der Waals surface area contributed by atoms with E-state index in [0.717, 1.165) is 0 Å². The summed E-state index contributed by atoms with van der Waals surface area (Å²) in [6.45, 7) is 1.93. The molecule has 0 aliphatic carbocycles. The molecule has 0 amide bonds. The molecular weight excluding hydrogens is 347 g/mol. The minimum absolute atomic E-state index is 0.0234. The predicted octanol–water partition coefficient (Wildman–Crippen LogP) is 2.43. The molecule has 0 saturated heterocycles. The fourth-order valence-corrected chi connectivity index (χ4v) is 2.94. The van der Waals surface area contributed by atoms with Crippen molar-refractivity contribution in [1.29, 1.82) is 0 Å². The summed E-state index contributed by atoms with van der Waals surface area (Å²) in [6, 6.07) is 5.45. The molecule has 0 radical (unpaired) electrons. The Morgan fingerprint density at radius 2 is 2.00 bits per heavy atom. The van der Waals surface area contributed by atoms with Crippen LogP contribution in [0, 0.1) is 10.1 Å². The number of carbonyl (C=O) groups is 2. The molecule has 0 bridgehead atoms. The van der Waals surface area contributed by atoms with E-state index in [1.807, 2.05) is 0 Å². The monoisotopic (exact) mass is 364 g/mol. The molecule has 1 aromatic rings. The molecule has 1 aliphatic heterocycles. The topological polar surface area (TPSA) is 119 Å². The lowest BCUT2D eigenvalue weighted by atomic mass is 9.79. The third-order valence-electron chi connectivity index (χ3n) is 3.95. The number of para-hydroxylation sites is 1. The number of nitro benzene ring substituents is 1. The summed E-state index contributed by atoms with van der Waals surface area (Å²) in [6.07, 6.45) is 0. The second kappa shape index (κ2) is 7.77. The number of benzene rings is 1. The molecule has 0 saturated carbocycles. The number of alkyl halides is 1. The van der Waals surface area contributed by atoms with Gasteiger partial charge < -0.3 is 15.2 Å². The molecule has 0 fully saturated rings. The number of carboxylic acid groups (broad SMARTS) is 1. The number of halogens is 1. The molecule has 1 heterocycles. The molecule has 0 spiro atoms. The van der Waals surface area contributed by atoms with E-state index >= 15 is 0 Å². The number of nitrogens with one attached hydrogen (secondary N) is 1. The van der Waals surface area contributed by atoms with Crippen LogP contribution in [0.2, 0.25) is 0 Å².